The average molecular weight is 484 g/mol. The number of benzene rings is 1. The van der Waals surface area contributed by atoms with Gasteiger partial charge in [0.25, 0.3) is 5.91 Å². The predicted octanol–water partition coefficient (Wildman–Crippen LogP) is 3.87. The third-order valence-electron chi connectivity index (χ3n) is 7.07. The average Bonchev–Trinajstić information content (AvgIpc) is 3.45. The molecule has 0 aliphatic carbocycles. The van der Waals surface area contributed by atoms with Gasteiger partial charge in [-0.3, -0.25) is 14.5 Å². The summed E-state index contributed by atoms with van der Waals surface area (Å²) in [5, 5.41) is 5.09. The van der Waals surface area contributed by atoms with Crippen LogP contribution < -0.4 is 10.1 Å². The molecule has 0 saturated carbocycles. The van der Waals surface area contributed by atoms with E-state index >= 15 is 0 Å². The monoisotopic (exact) mass is 483 g/mol. The van der Waals surface area contributed by atoms with Crippen LogP contribution in [-0.2, 0) is 22.4 Å². The molecule has 1 aromatic carbocycles. The number of amides is 4. The van der Waals surface area contributed by atoms with Crippen molar-refractivity contribution >= 4 is 29.2 Å². The largest absolute Gasteiger partial charge is 0.497 e. The zero-order chi connectivity index (χ0) is 24.1. The summed E-state index contributed by atoms with van der Waals surface area (Å²) in [5.74, 6) is 0.790. The molecule has 3 heterocycles. The maximum absolute atomic E-state index is 13.6. The molecule has 4 amide bonds. The van der Waals surface area contributed by atoms with Gasteiger partial charge in [-0.25, -0.2) is 4.79 Å². The summed E-state index contributed by atoms with van der Waals surface area (Å²) in [5.41, 5.74) is 0.0989. The summed E-state index contributed by atoms with van der Waals surface area (Å²) < 4.78 is 5.18. The molecule has 0 spiro atoms. The van der Waals surface area contributed by atoms with Crippen LogP contribution in [0.1, 0.15) is 43.0 Å². The molecule has 7 nitrogen and oxygen atoms in total. The number of hydrogen-bond acceptors (Lipinski definition) is 5. The molecule has 1 atom stereocenters. The van der Waals surface area contributed by atoms with Gasteiger partial charge in [0.2, 0.25) is 5.91 Å². The summed E-state index contributed by atoms with van der Waals surface area (Å²) in [6.07, 6.45) is 3.87. The van der Waals surface area contributed by atoms with Gasteiger partial charge in [0.1, 0.15) is 11.3 Å². The topological polar surface area (TPSA) is 79.0 Å². The highest BCUT2D eigenvalue weighted by molar-refractivity contribution is 7.09. The second-order valence-corrected chi connectivity index (χ2v) is 10.1. The first kappa shape index (κ1) is 24.3. The number of ether oxygens (including phenoxy) is 1. The zero-order valence-electron chi connectivity index (χ0n) is 19.9. The van der Waals surface area contributed by atoms with Crippen molar-refractivity contribution < 1.29 is 19.1 Å². The van der Waals surface area contributed by atoms with Crippen molar-refractivity contribution in [3.05, 3.63) is 52.2 Å². The third kappa shape index (κ3) is 4.97. The smallest absolute Gasteiger partial charge is 0.325 e. The van der Waals surface area contributed by atoms with Crippen molar-refractivity contribution in [2.45, 2.75) is 51.0 Å². The van der Waals surface area contributed by atoms with E-state index in [1.807, 2.05) is 53.6 Å². The van der Waals surface area contributed by atoms with Gasteiger partial charge in [-0.05, 0) is 60.7 Å². The van der Waals surface area contributed by atoms with Crippen molar-refractivity contribution in [2.24, 2.45) is 5.92 Å². The van der Waals surface area contributed by atoms with E-state index in [4.69, 9.17) is 4.74 Å². The highest BCUT2D eigenvalue weighted by Gasteiger charge is 2.55. The molecule has 34 heavy (non-hydrogen) atoms. The fourth-order valence-electron chi connectivity index (χ4n) is 5.22. The molecule has 0 unspecified atom stereocenters. The summed E-state index contributed by atoms with van der Waals surface area (Å²) >= 11 is 1.64. The zero-order valence-corrected chi connectivity index (χ0v) is 20.7. The van der Waals surface area contributed by atoms with Crippen LogP contribution >= 0.6 is 11.3 Å². The van der Waals surface area contributed by atoms with Gasteiger partial charge in [-0.1, -0.05) is 31.5 Å². The first-order valence-electron chi connectivity index (χ1n) is 12.0. The quantitative estimate of drug-likeness (QED) is 0.549. The van der Waals surface area contributed by atoms with Crippen LogP contribution in [0.25, 0.3) is 0 Å². The number of nitrogens with zero attached hydrogens (tertiary/aromatic N) is 2. The van der Waals surface area contributed by atoms with Crippen LogP contribution in [0.15, 0.2) is 41.8 Å². The minimum absolute atomic E-state index is 0.0284. The number of carbonyl (C=O) groups excluding carboxylic acids is 3. The Hall–Kier alpha value is -2.87. The van der Waals surface area contributed by atoms with Crippen molar-refractivity contribution in [3.63, 3.8) is 0 Å². The Morgan fingerprint density at radius 3 is 2.53 bits per heavy atom. The number of rotatable bonds is 9. The van der Waals surface area contributed by atoms with E-state index in [1.165, 1.54) is 4.90 Å². The third-order valence-corrected chi connectivity index (χ3v) is 8.00. The molecule has 0 bridgehead atoms. The van der Waals surface area contributed by atoms with Crippen molar-refractivity contribution in [1.82, 2.24) is 15.1 Å². The van der Waals surface area contributed by atoms with Crippen molar-refractivity contribution in [1.29, 1.82) is 0 Å². The number of nitrogens with one attached hydrogen (secondary N) is 1. The molecule has 2 fully saturated rings. The SMILES string of the molecule is CCC[C@@]1(C2CCN(C(=O)Cc3ccc(OC)cc3)CC2)NC(=O)N(CCc2cccs2)C1=O. The first-order valence-corrected chi connectivity index (χ1v) is 12.9. The van der Waals surface area contributed by atoms with Gasteiger partial charge in [-0.15, -0.1) is 11.3 Å². The minimum atomic E-state index is -0.855. The number of likely N-dealkylation sites (tertiary alicyclic amines) is 1. The number of hydrogen-bond donors (Lipinski definition) is 1. The lowest BCUT2D eigenvalue weighted by molar-refractivity contribution is -0.136. The maximum Gasteiger partial charge on any atom is 0.325 e. The van der Waals surface area contributed by atoms with Crippen molar-refractivity contribution in [3.8, 4) is 5.75 Å². The van der Waals surface area contributed by atoms with Crippen LogP contribution in [0.4, 0.5) is 4.79 Å². The summed E-state index contributed by atoms with van der Waals surface area (Å²) in [4.78, 5) is 43.7. The van der Waals surface area contributed by atoms with Gasteiger partial charge < -0.3 is 15.0 Å². The van der Waals surface area contributed by atoms with E-state index < -0.39 is 5.54 Å². The number of piperidine rings is 1. The van der Waals surface area contributed by atoms with E-state index in [1.54, 1.807) is 18.4 Å². The Morgan fingerprint density at radius 1 is 1.18 bits per heavy atom. The first-order chi connectivity index (χ1) is 16.5. The Labute approximate surface area is 205 Å². The molecule has 1 aromatic heterocycles. The van der Waals surface area contributed by atoms with Crippen LogP contribution in [-0.4, -0.2) is 59.9 Å². The van der Waals surface area contributed by atoms with Gasteiger partial charge in [-0.2, -0.15) is 0 Å². The number of methoxy groups -OCH3 is 1. The standard InChI is InChI=1S/C26H33N3O4S/c1-3-13-26(24(31)29(25(32)27-26)16-12-22-5-4-17-34-22)20-10-14-28(15-11-20)23(30)18-19-6-8-21(33-2)9-7-19/h4-9,17,20H,3,10-16,18H2,1-2H3,(H,27,32)/t26-/m0/s1. The number of thiophene rings is 1. The predicted molar refractivity (Wildman–Crippen MR) is 132 cm³/mol. The molecule has 2 aliphatic rings. The molecule has 2 aromatic rings. The molecule has 2 aliphatic heterocycles. The van der Waals surface area contributed by atoms with E-state index in [2.05, 4.69) is 5.32 Å². The molecular formula is C26H33N3O4S. The Balaban J connectivity index is 1.38. The molecular weight excluding hydrogens is 450 g/mol. The van der Waals surface area contributed by atoms with Crippen LogP contribution in [0.3, 0.4) is 0 Å². The highest BCUT2D eigenvalue weighted by atomic mass is 32.1. The summed E-state index contributed by atoms with van der Waals surface area (Å²) in [7, 11) is 1.62. The van der Waals surface area contributed by atoms with Crippen LogP contribution in [0.2, 0.25) is 0 Å². The Bertz CT molecular complexity index is 1000. The van der Waals surface area contributed by atoms with Crippen LogP contribution in [0, 0.1) is 5.92 Å². The molecule has 182 valence electrons. The minimum Gasteiger partial charge on any atom is -0.497 e. The highest BCUT2D eigenvalue weighted by Crippen LogP contribution is 2.37. The molecule has 2 saturated heterocycles. The Morgan fingerprint density at radius 2 is 1.91 bits per heavy atom. The van der Waals surface area contributed by atoms with E-state index in [-0.39, 0.29) is 23.8 Å². The van der Waals surface area contributed by atoms with Gasteiger partial charge in [0, 0.05) is 24.5 Å². The van der Waals surface area contributed by atoms with Gasteiger partial charge >= 0.3 is 6.03 Å². The van der Waals surface area contributed by atoms with E-state index in [0.717, 1.165) is 22.6 Å². The summed E-state index contributed by atoms with van der Waals surface area (Å²) in [6.45, 7) is 3.64. The second kappa shape index (κ2) is 10.6. The molecule has 1 N–H and O–H groups in total. The van der Waals surface area contributed by atoms with Gasteiger partial charge in [0.05, 0.1) is 13.5 Å². The number of imide groups is 1. The number of urea groups is 1. The molecule has 0 radical (unpaired) electrons. The normalized spacial score (nSPS) is 21.1. The fraction of sp³-hybridized carbons (Fsp3) is 0.500. The van der Waals surface area contributed by atoms with E-state index in [9.17, 15) is 14.4 Å². The molecule has 8 heteroatoms. The second-order valence-electron chi connectivity index (χ2n) is 9.12. The van der Waals surface area contributed by atoms with Crippen molar-refractivity contribution in [2.75, 3.05) is 26.7 Å². The lowest BCUT2D eigenvalue weighted by atomic mass is 9.74. The molecule has 4 rings (SSSR count). The Kier molecular flexibility index (Phi) is 7.56. The van der Waals surface area contributed by atoms with Gasteiger partial charge in [0.15, 0.2) is 0 Å². The lowest BCUT2D eigenvalue weighted by Gasteiger charge is -2.41. The maximum atomic E-state index is 13.6. The summed E-state index contributed by atoms with van der Waals surface area (Å²) in [6, 6.07) is 11.3. The fourth-order valence-corrected chi connectivity index (χ4v) is 5.92. The van der Waals surface area contributed by atoms with Crippen LogP contribution in [0.5, 0.6) is 5.75 Å². The number of carbonyl (C=O) groups is 3. The lowest BCUT2D eigenvalue weighted by Crippen LogP contribution is -2.56. The van der Waals surface area contributed by atoms with E-state index in [0.29, 0.717) is 51.7 Å².